The zero-order valence-corrected chi connectivity index (χ0v) is 16.1. The molecule has 0 N–H and O–H groups in total. The smallest absolute Gasteiger partial charge is 0.493 e. The lowest BCUT2D eigenvalue weighted by Crippen LogP contribution is -2.17. The van der Waals surface area contributed by atoms with Crippen LogP contribution in [0.4, 0.5) is 13.2 Å². The summed E-state index contributed by atoms with van der Waals surface area (Å²) < 4.78 is 59.2. The molecule has 4 rings (SSSR count). The fraction of sp³-hybridized carbons (Fsp3) is 0.158. The molecule has 160 valence electrons. The number of hydrogen-bond donors (Lipinski definition) is 0. The standard InChI is InChI=1S/C19H14F3N5O4/c1-28-15-6-3-11(7-16(15)29-2)18-25-17(26-31-18)13-8-12(30-19(20,21)22)4-5-14(13)27-10-23-9-24-27/h3-10H,1-2H3. The fourth-order valence-corrected chi connectivity index (χ4v) is 2.84. The number of nitrogens with zero attached hydrogens (tertiary/aromatic N) is 5. The quantitative estimate of drug-likeness (QED) is 0.452. The van der Waals surface area contributed by atoms with Gasteiger partial charge in [0.25, 0.3) is 5.89 Å². The molecule has 0 aliphatic heterocycles. The zero-order chi connectivity index (χ0) is 22.0. The van der Waals surface area contributed by atoms with Crippen molar-refractivity contribution in [3.63, 3.8) is 0 Å². The Kier molecular flexibility index (Phi) is 5.19. The first-order chi connectivity index (χ1) is 14.9. The van der Waals surface area contributed by atoms with Gasteiger partial charge in [-0.25, -0.2) is 9.67 Å². The number of hydrogen-bond acceptors (Lipinski definition) is 8. The van der Waals surface area contributed by atoms with Gasteiger partial charge in [-0.3, -0.25) is 0 Å². The van der Waals surface area contributed by atoms with Crippen molar-refractivity contribution in [1.82, 2.24) is 24.9 Å². The molecule has 0 atom stereocenters. The van der Waals surface area contributed by atoms with E-state index >= 15 is 0 Å². The van der Waals surface area contributed by atoms with E-state index in [9.17, 15) is 13.2 Å². The average molecular weight is 433 g/mol. The Hall–Kier alpha value is -4.09. The summed E-state index contributed by atoms with van der Waals surface area (Å²) in [6.45, 7) is 0. The zero-order valence-electron chi connectivity index (χ0n) is 16.1. The van der Waals surface area contributed by atoms with Gasteiger partial charge in [-0.05, 0) is 36.4 Å². The molecule has 0 saturated carbocycles. The van der Waals surface area contributed by atoms with Crippen LogP contribution in [0, 0.1) is 0 Å². The van der Waals surface area contributed by atoms with Crippen molar-refractivity contribution in [1.29, 1.82) is 0 Å². The Morgan fingerprint density at radius 3 is 2.48 bits per heavy atom. The molecule has 0 saturated heterocycles. The SMILES string of the molecule is COc1ccc(-c2nc(-c3cc(OC(F)(F)F)ccc3-n3cncn3)no2)cc1OC. The normalized spacial score (nSPS) is 11.4. The molecule has 0 aliphatic carbocycles. The summed E-state index contributed by atoms with van der Waals surface area (Å²) in [7, 11) is 2.99. The number of methoxy groups -OCH3 is 2. The van der Waals surface area contributed by atoms with Crippen molar-refractivity contribution in [2.24, 2.45) is 0 Å². The second-order valence-corrected chi connectivity index (χ2v) is 6.06. The van der Waals surface area contributed by atoms with Crippen LogP contribution in [0.5, 0.6) is 17.2 Å². The predicted octanol–water partition coefficient (Wildman–Crippen LogP) is 3.90. The number of alkyl halides is 3. The molecule has 0 bridgehead atoms. The summed E-state index contributed by atoms with van der Waals surface area (Å²) in [5.74, 6) is 0.675. The van der Waals surface area contributed by atoms with Gasteiger partial charge in [0.2, 0.25) is 5.82 Å². The van der Waals surface area contributed by atoms with E-state index in [1.165, 1.54) is 37.6 Å². The van der Waals surface area contributed by atoms with Crippen LogP contribution in [0.25, 0.3) is 28.5 Å². The second kappa shape index (κ2) is 7.97. The van der Waals surface area contributed by atoms with E-state index in [1.807, 2.05) is 0 Å². The van der Waals surface area contributed by atoms with Crippen LogP contribution in [-0.4, -0.2) is 45.5 Å². The van der Waals surface area contributed by atoms with Crippen LogP contribution in [-0.2, 0) is 0 Å². The minimum Gasteiger partial charge on any atom is -0.493 e. The van der Waals surface area contributed by atoms with Crippen molar-refractivity contribution in [3.05, 3.63) is 49.1 Å². The summed E-state index contributed by atoms with van der Waals surface area (Å²) >= 11 is 0. The van der Waals surface area contributed by atoms with Crippen molar-refractivity contribution in [3.8, 4) is 45.8 Å². The monoisotopic (exact) mass is 433 g/mol. The largest absolute Gasteiger partial charge is 0.573 e. The van der Waals surface area contributed by atoms with E-state index in [0.717, 1.165) is 12.1 Å². The van der Waals surface area contributed by atoms with Crippen molar-refractivity contribution in [2.45, 2.75) is 6.36 Å². The van der Waals surface area contributed by atoms with Gasteiger partial charge < -0.3 is 18.7 Å². The van der Waals surface area contributed by atoms with Crippen molar-refractivity contribution >= 4 is 0 Å². The molecule has 9 nitrogen and oxygen atoms in total. The van der Waals surface area contributed by atoms with Crippen LogP contribution in [0.2, 0.25) is 0 Å². The molecule has 0 unspecified atom stereocenters. The van der Waals surface area contributed by atoms with E-state index in [2.05, 4.69) is 25.0 Å². The molecule has 12 heteroatoms. The third-order valence-electron chi connectivity index (χ3n) is 4.16. The first-order valence-corrected chi connectivity index (χ1v) is 8.69. The first kappa shape index (κ1) is 20.2. The Morgan fingerprint density at radius 1 is 1.00 bits per heavy atom. The number of ether oxygens (including phenoxy) is 3. The molecule has 2 aromatic carbocycles. The first-order valence-electron chi connectivity index (χ1n) is 8.69. The van der Waals surface area contributed by atoms with Crippen LogP contribution in [0.3, 0.4) is 0 Å². The molecule has 0 radical (unpaired) electrons. The van der Waals surface area contributed by atoms with Gasteiger partial charge in [0.05, 0.1) is 25.5 Å². The van der Waals surface area contributed by atoms with Crippen molar-refractivity contribution in [2.75, 3.05) is 14.2 Å². The summed E-state index contributed by atoms with van der Waals surface area (Å²) in [4.78, 5) is 8.17. The number of aromatic nitrogens is 5. The number of benzene rings is 2. The number of rotatable bonds is 6. The molecule has 0 amide bonds. The highest BCUT2D eigenvalue weighted by molar-refractivity contribution is 5.70. The molecular weight excluding hydrogens is 419 g/mol. The molecule has 31 heavy (non-hydrogen) atoms. The third-order valence-corrected chi connectivity index (χ3v) is 4.16. The molecule has 4 aromatic rings. The second-order valence-electron chi connectivity index (χ2n) is 6.06. The Labute approximate surface area is 173 Å². The summed E-state index contributed by atoms with van der Waals surface area (Å²) in [5, 5.41) is 7.92. The Morgan fingerprint density at radius 2 is 1.81 bits per heavy atom. The molecule has 2 heterocycles. The topological polar surface area (TPSA) is 97.3 Å². The van der Waals surface area contributed by atoms with Gasteiger partial charge in [0.1, 0.15) is 18.4 Å². The molecule has 0 fully saturated rings. The van der Waals surface area contributed by atoms with Crippen LogP contribution in [0.15, 0.2) is 53.6 Å². The highest BCUT2D eigenvalue weighted by atomic mass is 19.4. The van der Waals surface area contributed by atoms with E-state index < -0.39 is 12.1 Å². The molecule has 0 spiro atoms. The maximum absolute atomic E-state index is 12.7. The summed E-state index contributed by atoms with van der Waals surface area (Å²) in [5.41, 5.74) is 1.11. The highest BCUT2D eigenvalue weighted by Gasteiger charge is 2.31. The van der Waals surface area contributed by atoms with Gasteiger partial charge in [0, 0.05) is 5.56 Å². The molecular formula is C19H14F3N5O4. The third kappa shape index (κ3) is 4.27. The fourth-order valence-electron chi connectivity index (χ4n) is 2.84. The van der Waals surface area contributed by atoms with Gasteiger partial charge in [-0.1, -0.05) is 5.16 Å². The maximum Gasteiger partial charge on any atom is 0.573 e. The Bertz CT molecular complexity index is 1190. The molecule has 2 aromatic heterocycles. The van der Waals surface area contributed by atoms with E-state index in [-0.39, 0.29) is 17.3 Å². The van der Waals surface area contributed by atoms with Crippen LogP contribution >= 0.6 is 0 Å². The van der Waals surface area contributed by atoms with Crippen LogP contribution in [0.1, 0.15) is 0 Å². The minimum absolute atomic E-state index is 0.0305. The van der Waals surface area contributed by atoms with Gasteiger partial charge in [-0.15, -0.1) is 13.2 Å². The van der Waals surface area contributed by atoms with E-state index in [4.69, 9.17) is 14.0 Å². The lowest BCUT2D eigenvalue weighted by Gasteiger charge is -2.12. The maximum atomic E-state index is 12.7. The lowest BCUT2D eigenvalue weighted by molar-refractivity contribution is -0.274. The van der Waals surface area contributed by atoms with Crippen LogP contribution < -0.4 is 14.2 Å². The van der Waals surface area contributed by atoms with Gasteiger partial charge in [-0.2, -0.15) is 10.1 Å². The van der Waals surface area contributed by atoms with Gasteiger partial charge in [0.15, 0.2) is 11.5 Å². The predicted molar refractivity (Wildman–Crippen MR) is 99.9 cm³/mol. The summed E-state index contributed by atoms with van der Waals surface area (Å²) in [6, 6.07) is 8.67. The summed E-state index contributed by atoms with van der Waals surface area (Å²) in [6.07, 6.45) is -2.18. The van der Waals surface area contributed by atoms with Gasteiger partial charge >= 0.3 is 6.36 Å². The van der Waals surface area contributed by atoms with E-state index in [0.29, 0.717) is 22.7 Å². The lowest BCUT2D eigenvalue weighted by atomic mass is 10.1. The number of halogens is 3. The van der Waals surface area contributed by atoms with Crippen molar-refractivity contribution < 1.29 is 31.9 Å². The molecule has 0 aliphatic rings. The van der Waals surface area contributed by atoms with E-state index in [1.54, 1.807) is 18.2 Å². The highest BCUT2D eigenvalue weighted by Crippen LogP contribution is 2.35. The average Bonchev–Trinajstić information content (AvgIpc) is 3.44. The Balaban J connectivity index is 1.77. The minimum atomic E-state index is -4.85.